The lowest BCUT2D eigenvalue weighted by Gasteiger charge is -2.19. The number of hydrogen-bond acceptors (Lipinski definition) is 3. The molecule has 0 aromatic heterocycles. The van der Waals surface area contributed by atoms with Crippen LogP contribution in [-0.2, 0) is 4.79 Å². The molecule has 0 aliphatic heterocycles. The van der Waals surface area contributed by atoms with Crippen LogP contribution in [0.1, 0.15) is 24.2 Å². The van der Waals surface area contributed by atoms with Crippen molar-refractivity contribution < 1.29 is 14.7 Å². The van der Waals surface area contributed by atoms with E-state index in [2.05, 4.69) is 5.32 Å². The minimum Gasteiger partial charge on any atom is -0.481 e. The first-order chi connectivity index (χ1) is 9.81. The van der Waals surface area contributed by atoms with Gasteiger partial charge in [-0.3, -0.25) is 9.59 Å². The summed E-state index contributed by atoms with van der Waals surface area (Å²) >= 11 is 0. The van der Waals surface area contributed by atoms with Gasteiger partial charge in [0.15, 0.2) is 0 Å². The summed E-state index contributed by atoms with van der Waals surface area (Å²) < 4.78 is 0. The number of carboxylic acid groups (broad SMARTS) is 1. The molecule has 0 heterocycles. The molecule has 0 aliphatic carbocycles. The second-order valence-electron chi connectivity index (χ2n) is 5.66. The standard InChI is InChI=1S/C16H18N2O3/c1-16(2,15(20)21)9-18-14(19)12-7-10-5-3-4-6-11(10)8-13(12)17/h3-8H,9,17H2,1-2H3,(H,18,19)(H,20,21). The van der Waals surface area contributed by atoms with E-state index in [9.17, 15) is 9.59 Å². The van der Waals surface area contributed by atoms with Gasteiger partial charge in [0, 0.05) is 12.2 Å². The fourth-order valence-electron chi connectivity index (χ4n) is 1.93. The minimum atomic E-state index is -1.03. The minimum absolute atomic E-state index is 0.0352. The smallest absolute Gasteiger partial charge is 0.310 e. The van der Waals surface area contributed by atoms with E-state index in [1.807, 2.05) is 24.3 Å². The maximum atomic E-state index is 12.2. The fourth-order valence-corrected chi connectivity index (χ4v) is 1.93. The Morgan fingerprint density at radius 2 is 1.76 bits per heavy atom. The van der Waals surface area contributed by atoms with Gasteiger partial charge in [0.25, 0.3) is 5.91 Å². The van der Waals surface area contributed by atoms with Gasteiger partial charge in [0.2, 0.25) is 0 Å². The van der Waals surface area contributed by atoms with Crippen LogP contribution < -0.4 is 11.1 Å². The van der Waals surface area contributed by atoms with E-state index in [1.54, 1.807) is 26.0 Å². The molecular formula is C16H18N2O3. The molecule has 2 aromatic rings. The number of carbonyl (C=O) groups is 2. The van der Waals surface area contributed by atoms with Crippen molar-refractivity contribution in [1.82, 2.24) is 5.32 Å². The first kappa shape index (κ1) is 14.8. The van der Waals surface area contributed by atoms with Crippen molar-refractivity contribution in [2.75, 3.05) is 12.3 Å². The summed E-state index contributed by atoms with van der Waals surface area (Å²) in [6.45, 7) is 3.14. The largest absolute Gasteiger partial charge is 0.481 e. The number of aliphatic carboxylic acids is 1. The number of benzene rings is 2. The number of rotatable bonds is 4. The van der Waals surface area contributed by atoms with Crippen LogP contribution in [0.4, 0.5) is 5.69 Å². The zero-order valence-electron chi connectivity index (χ0n) is 12.0. The number of hydrogen-bond donors (Lipinski definition) is 3. The van der Waals surface area contributed by atoms with Crippen molar-refractivity contribution in [3.8, 4) is 0 Å². The summed E-state index contributed by atoms with van der Waals surface area (Å²) in [5, 5.41) is 13.5. The molecule has 4 N–H and O–H groups in total. The summed E-state index contributed by atoms with van der Waals surface area (Å²) in [6, 6.07) is 11.1. The molecule has 0 atom stereocenters. The lowest BCUT2D eigenvalue weighted by molar-refractivity contribution is -0.146. The first-order valence-electron chi connectivity index (χ1n) is 6.61. The molecule has 0 aliphatic rings. The lowest BCUT2D eigenvalue weighted by Crippen LogP contribution is -2.39. The van der Waals surface area contributed by atoms with Crippen molar-refractivity contribution in [3.63, 3.8) is 0 Å². The number of nitrogens with two attached hydrogens (primary N) is 1. The van der Waals surface area contributed by atoms with Gasteiger partial charge in [-0.15, -0.1) is 0 Å². The number of nitrogen functional groups attached to an aromatic ring is 1. The fraction of sp³-hybridized carbons (Fsp3) is 0.250. The number of carbonyl (C=O) groups excluding carboxylic acids is 1. The highest BCUT2D eigenvalue weighted by molar-refractivity contribution is 6.04. The third-order valence-electron chi connectivity index (χ3n) is 3.43. The van der Waals surface area contributed by atoms with Gasteiger partial charge in [-0.1, -0.05) is 24.3 Å². The Morgan fingerprint density at radius 3 is 2.33 bits per heavy atom. The van der Waals surface area contributed by atoms with E-state index in [0.717, 1.165) is 10.8 Å². The van der Waals surface area contributed by atoms with Gasteiger partial charge in [-0.05, 0) is 36.8 Å². The first-order valence-corrected chi connectivity index (χ1v) is 6.61. The molecule has 5 heteroatoms. The van der Waals surface area contributed by atoms with E-state index in [-0.39, 0.29) is 12.5 Å². The summed E-state index contributed by atoms with van der Waals surface area (Å²) in [6.07, 6.45) is 0. The highest BCUT2D eigenvalue weighted by Crippen LogP contribution is 2.22. The molecule has 5 nitrogen and oxygen atoms in total. The topological polar surface area (TPSA) is 92.4 Å². The highest BCUT2D eigenvalue weighted by atomic mass is 16.4. The number of fused-ring (bicyclic) bond motifs is 1. The van der Waals surface area contributed by atoms with Gasteiger partial charge in [-0.2, -0.15) is 0 Å². The van der Waals surface area contributed by atoms with E-state index in [4.69, 9.17) is 10.8 Å². The molecule has 2 rings (SSSR count). The van der Waals surface area contributed by atoms with Crippen LogP contribution >= 0.6 is 0 Å². The molecule has 0 unspecified atom stereocenters. The maximum Gasteiger partial charge on any atom is 0.310 e. The molecule has 21 heavy (non-hydrogen) atoms. The monoisotopic (exact) mass is 286 g/mol. The van der Waals surface area contributed by atoms with Gasteiger partial charge >= 0.3 is 5.97 Å². The summed E-state index contributed by atoms with van der Waals surface area (Å²) in [5.41, 5.74) is 5.61. The summed E-state index contributed by atoms with van der Waals surface area (Å²) in [5.74, 6) is -1.33. The number of anilines is 1. The van der Waals surface area contributed by atoms with Crippen molar-refractivity contribution >= 4 is 28.3 Å². The van der Waals surface area contributed by atoms with Crippen LogP contribution in [0.25, 0.3) is 10.8 Å². The molecule has 1 amide bonds. The normalized spacial score (nSPS) is 11.3. The van der Waals surface area contributed by atoms with Crippen molar-refractivity contribution in [2.45, 2.75) is 13.8 Å². The molecule has 2 aromatic carbocycles. The Kier molecular flexibility index (Phi) is 3.84. The van der Waals surface area contributed by atoms with Crippen LogP contribution in [0.15, 0.2) is 36.4 Å². The van der Waals surface area contributed by atoms with Crippen molar-refractivity contribution in [1.29, 1.82) is 0 Å². The summed E-state index contributed by atoms with van der Waals surface area (Å²) in [7, 11) is 0. The van der Waals surface area contributed by atoms with Gasteiger partial charge < -0.3 is 16.2 Å². The average molecular weight is 286 g/mol. The zero-order chi connectivity index (χ0) is 15.6. The van der Waals surface area contributed by atoms with E-state index in [1.165, 1.54) is 0 Å². The van der Waals surface area contributed by atoms with Crippen LogP contribution in [0.2, 0.25) is 0 Å². The third-order valence-corrected chi connectivity index (χ3v) is 3.43. The number of nitrogens with one attached hydrogen (secondary N) is 1. The predicted octanol–water partition coefficient (Wildman–Crippen LogP) is 2.26. The second kappa shape index (κ2) is 5.44. The van der Waals surface area contributed by atoms with Gasteiger partial charge in [0.1, 0.15) is 0 Å². The predicted molar refractivity (Wildman–Crippen MR) is 82.1 cm³/mol. The molecule has 0 spiro atoms. The highest BCUT2D eigenvalue weighted by Gasteiger charge is 2.28. The summed E-state index contributed by atoms with van der Waals surface area (Å²) in [4.78, 5) is 23.2. The molecular weight excluding hydrogens is 268 g/mol. The van der Waals surface area contributed by atoms with Crippen LogP contribution in [0.3, 0.4) is 0 Å². The number of amides is 1. The third kappa shape index (κ3) is 3.13. The van der Waals surface area contributed by atoms with Gasteiger partial charge in [0.05, 0.1) is 11.0 Å². The van der Waals surface area contributed by atoms with Gasteiger partial charge in [-0.25, -0.2) is 0 Å². The van der Waals surface area contributed by atoms with E-state index < -0.39 is 11.4 Å². The maximum absolute atomic E-state index is 12.2. The Labute approximate surface area is 122 Å². The van der Waals surface area contributed by atoms with E-state index >= 15 is 0 Å². The molecule has 0 radical (unpaired) electrons. The molecule has 0 saturated carbocycles. The van der Waals surface area contributed by atoms with Crippen molar-refractivity contribution in [3.05, 3.63) is 42.0 Å². The van der Waals surface area contributed by atoms with Crippen LogP contribution in [-0.4, -0.2) is 23.5 Å². The van der Waals surface area contributed by atoms with Crippen molar-refractivity contribution in [2.24, 2.45) is 5.41 Å². The van der Waals surface area contributed by atoms with Crippen LogP contribution in [0, 0.1) is 5.41 Å². The Morgan fingerprint density at radius 1 is 1.19 bits per heavy atom. The average Bonchev–Trinajstić information content (AvgIpc) is 2.44. The molecule has 0 fully saturated rings. The Balaban J connectivity index is 2.23. The molecule has 110 valence electrons. The van der Waals surface area contributed by atoms with Crippen LogP contribution in [0.5, 0.6) is 0 Å². The SMILES string of the molecule is CC(C)(CNC(=O)c1cc2ccccc2cc1N)C(=O)O. The van der Waals surface area contributed by atoms with E-state index in [0.29, 0.717) is 11.3 Å². The number of carboxylic acids is 1. The zero-order valence-corrected chi connectivity index (χ0v) is 12.0. The molecule has 0 saturated heterocycles. The molecule has 0 bridgehead atoms. The second-order valence-corrected chi connectivity index (χ2v) is 5.66. The Hall–Kier alpha value is -2.56. The quantitative estimate of drug-likeness (QED) is 0.752. The Bertz CT molecular complexity index is 708. The lowest BCUT2D eigenvalue weighted by atomic mass is 9.93.